The van der Waals surface area contributed by atoms with Gasteiger partial charge in [0.15, 0.2) is 5.17 Å². The SMILES string of the molecule is CCCCN1C(=O)/C(=C\c2cc(Cl)ccc2OCC)SC1=Nc1ccc(C)cc1. The lowest BCUT2D eigenvalue weighted by atomic mass is 10.2. The first-order valence-corrected chi connectivity index (χ1v) is 11.0. The number of carbonyl (C=O) groups is 1. The second kappa shape index (κ2) is 9.99. The van der Waals surface area contributed by atoms with E-state index in [9.17, 15) is 4.79 Å². The minimum atomic E-state index is -0.0308. The number of nitrogens with zero attached hydrogens (tertiary/aromatic N) is 2. The van der Waals surface area contributed by atoms with Crippen molar-refractivity contribution in [3.8, 4) is 5.75 Å². The van der Waals surface area contributed by atoms with E-state index in [-0.39, 0.29) is 5.91 Å². The molecule has 152 valence electrons. The Labute approximate surface area is 181 Å². The third kappa shape index (κ3) is 5.43. The molecule has 0 saturated carbocycles. The average molecular weight is 429 g/mol. The van der Waals surface area contributed by atoms with Crippen LogP contribution in [0.1, 0.15) is 37.8 Å². The van der Waals surface area contributed by atoms with Crippen molar-refractivity contribution in [1.29, 1.82) is 0 Å². The first-order chi connectivity index (χ1) is 14.0. The van der Waals surface area contributed by atoms with Crippen molar-refractivity contribution in [3.05, 3.63) is 63.5 Å². The molecule has 1 fully saturated rings. The number of unbranched alkanes of at least 4 members (excludes halogenated alkanes) is 1. The van der Waals surface area contributed by atoms with Crippen molar-refractivity contribution in [2.45, 2.75) is 33.6 Å². The number of rotatable bonds is 7. The molecule has 0 bridgehead atoms. The van der Waals surface area contributed by atoms with Crippen LogP contribution in [0.2, 0.25) is 5.02 Å². The van der Waals surface area contributed by atoms with Crippen LogP contribution in [0, 0.1) is 6.92 Å². The second-order valence-corrected chi connectivity index (χ2v) is 8.21. The summed E-state index contributed by atoms with van der Waals surface area (Å²) in [5.74, 6) is 0.679. The Morgan fingerprint density at radius 3 is 2.62 bits per heavy atom. The smallest absolute Gasteiger partial charge is 0.266 e. The van der Waals surface area contributed by atoms with Crippen molar-refractivity contribution in [2.24, 2.45) is 4.99 Å². The number of hydrogen-bond donors (Lipinski definition) is 0. The van der Waals surface area contributed by atoms with Crippen LogP contribution < -0.4 is 4.74 Å². The van der Waals surface area contributed by atoms with Gasteiger partial charge in [0.05, 0.1) is 17.2 Å². The van der Waals surface area contributed by atoms with E-state index >= 15 is 0 Å². The Bertz CT molecular complexity index is 938. The molecule has 0 radical (unpaired) electrons. The molecule has 0 atom stereocenters. The van der Waals surface area contributed by atoms with Gasteiger partial charge in [-0.3, -0.25) is 9.69 Å². The molecular formula is C23H25ClN2O2S. The van der Waals surface area contributed by atoms with Crippen molar-refractivity contribution in [2.75, 3.05) is 13.2 Å². The zero-order valence-electron chi connectivity index (χ0n) is 16.9. The minimum Gasteiger partial charge on any atom is -0.493 e. The van der Waals surface area contributed by atoms with Gasteiger partial charge in [-0.2, -0.15) is 0 Å². The predicted molar refractivity (Wildman–Crippen MR) is 123 cm³/mol. The normalized spacial score (nSPS) is 16.8. The highest BCUT2D eigenvalue weighted by Crippen LogP contribution is 2.36. The number of amidine groups is 1. The summed E-state index contributed by atoms with van der Waals surface area (Å²) in [6.45, 7) is 7.28. The third-order valence-corrected chi connectivity index (χ3v) is 5.68. The molecule has 6 heteroatoms. The summed E-state index contributed by atoms with van der Waals surface area (Å²) in [6.07, 6.45) is 3.78. The van der Waals surface area contributed by atoms with Gasteiger partial charge in [0.2, 0.25) is 0 Å². The van der Waals surface area contributed by atoms with Gasteiger partial charge in [-0.05, 0) is 68.4 Å². The molecule has 2 aromatic rings. The highest BCUT2D eigenvalue weighted by atomic mass is 35.5. The molecular weight excluding hydrogens is 404 g/mol. The molecule has 1 aliphatic heterocycles. The number of thioether (sulfide) groups is 1. The van der Waals surface area contributed by atoms with Crippen LogP contribution in [0.15, 0.2) is 52.4 Å². The first kappa shape index (κ1) is 21.5. The lowest BCUT2D eigenvalue weighted by Gasteiger charge is -2.14. The predicted octanol–water partition coefficient (Wildman–Crippen LogP) is 6.45. The van der Waals surface area contributed by atoms with Gasteiger partial charge in [0, 0.05) is 17.1 Å². The summed E-state index contributed by atoms with van der Waals surface area (Å²) < 4.78 is 5.70. The molecule has 0 aliphatic carbocycles. The fourth-order valence-corrected chi connectivity index (χ4v) is 4.09. The number of carbonyl (C=O) groups excluding carboxylic acids is 1. The number of aryl methyl sites for hydroxylation is 1. The molecule has 2 aromatic carbocycles. The van der Waals surface area contributed by atoms with Crippen LogP contribution in [0.3, 0.4) is 0 Å². The Morgan fingerprint density at radius 2 is 1.93 bits per heavy atom. The van der Waals surface area contributed by atoms with Gasteiger partial charge in [0.25, 0.3) is 5.91 Å². The van der Waals surface area contributed by atoms with Crippen LogP contribution in [0.25, 0.3) is 6.08 Å². The van der Waals surface area contributed by atoms with Crippen LogP contribution in [0.5, 0.6) is 5.75 Å². The van der Waals surface area contributed by atoms with Crippen LogP contribution in [-0.2, 0) is 4.79 Å². The number of ether oxygens (including phenoxy) is 1. The molecule has 29 heavy (non-hydrogen) atoms. The van der Waals surface area contributed by atoms with Crippen molar-refractivity contribution < 1.29 is 9.53 Å². The monoisotopic (exact) mass is 428 g/mol. The Morgan fingerprint density at radius 1 is 1.17 bits per heavy atom. The van der Waals surface area contributed by atoms with Crippen LogP contribution in [-0.4, -0.2) is 29.1 Å². The van der Waals surface area contributed by atoms with Gasteiger partial charge in [-0.25, -0.2) is 4.99 Å². The summed E-state index contributed by atoms with van der Waals surface area (Å²) >= 11 is 7.57. The van der Waals surface area contributed by atoms with Gasteiger partial charge in [-0.15, -0.1) is 0 Å². The summed E-state index contributed by atoms with van der Waals surface area (Å²) in [5.41, 5.74) is 2.81. The van der Waals surface area contributed by atoms with Gasteiger partial charge < -0.3 is 4.74 Å². The molecule has 0 spiro atoms. The molecule has 0 unspecified atom stereocenters. The minimum absolute atomic E-state index is 0.0308. The van der Waals surface area contributed by atoms with Gasteiger partial charge in [0.1, 0.15) is 5.75 Å². The molecule has 1 amide bonds. The molecule has 1 aliphatic rings. The standard InChI is InChI=1S/C23H25ClN2O2S/c1-4-6-13-26-22(27)21(15-17-14-18(24)9-12-20(17)28-5-2)29-23(26)25-19-10-7-16(3)8-11-19/h7-12,14-15H,4-6,13H2,1-3H3/b21-15+,25-23?. The van der Waals surface area contributed by atoms with E-state index in [1.807, 2.05) is 56.3 Å². The van der Waals surface area contributed by atoms with E-state index in [2.05, 4.69) is 6.92 Å². The number of halogens is 1. The highest BCUT2D eigenvalue weighted by Gasteiger charge is 2.33. The van der Waals surface area contributed by atoms with E-state index in [4.69, 9.17) is 21.3 Å². The fourth-order valence-electron chi connectivity index (χ4n) is 2.89. The second-order valence-electron chi connectivity index (χ2n) is 6.77. The Balaban J connectivity index is 1.97. The molecule has 1 heterocycles. The summed E-state index contributed by atoms with van der Waals surface area (Å²) in [4.78, 5) is 20.2. The van der Waals surface area contributed by atoms with Gasteiger partial charge >= 0.3 is 0 Å². The summed E-state index contributed by atoms with van der Waals surface area (Å²) in [7, 11) is 0. The largest absolute Gasteiger partial charge is 0.493 e. The zero-order valence-corrected chi connectivity index (χ0v) is 18.5. The van der Waals surface area contributed by atoms with Crippen molar-refractivity contribution >= 4 is 46.2 Å². The first-order valence-electron chi connectivity index (χ1n) is 9.81. The molecule has 1 saturated heterocycles. The maximum Gasteiger partial charge on any atom is 0.266 e. The lowest BCUT2D eigenvalue weighted by Crippen LogP contribution is -2.30. The maximum atomic E-state index is 13.1. The van der Waals surface area contributed by atoms with Crippen molar-refractivity contribution in [1.82, 2.24) is 4.90 Å². The molecule has 3 rings (SSSR count). The highest BCUT2D eigenvalue weighted by molar-refractivity contribution is 8.18. The quantitative estimate of drug-likeness (QED) is 0.476. The summed E-state index contributed by atoms with van der Waals surface area (Å²) in [5, 5.41) is 1.31. The number of aliphatic imine (C=N–C) groups is 1. The van der Waals surface area contributed by atoms with Crippen LogP contribution >= 0.6 is 23.4 Å². The lowest BCUT2D eigenvalue weighted by molar-refractivity contribution is -0.122. The molecule has 0 N–H and O–H groups in total. The number of benzene rings is 2. The Hall–Kier alpha value is -2.24. The topological polar surface area (TPSA) is 41.9 Å². The van der Waals surface area contributed by atoms with Gasteiger partial charge in [-0.1, -0.05) is 42.6 Å². The number of hydrogen-bond acceptors (Lipinski definition) is 4. The van der Waals surface area contributed by atoms with Crippen LogP contribution in [0.4, 0.5) is 5.69 Å². The third-order valence-electron chi connectivity index (χ3n) is 4.44. The van der Waals surface area contributed by atoms with Crippen molar-refractivity contribution in [3.63, 3.8) is 0 Å². The molecule has 4 nitrogen and oxygen atoms in total. The average Bonchev–Trinajstić information content (AvgIpc) is 2.98. The summed E-state index contributed by atoms with van der Waals surface area (Å²) in [6, 6.07) is 13.4. The fraction of sp³-hybridized carbons (Fsp3) is 0.304. The maximum absolute atomic E-state index is 13.1. The number of amides is 1. The van der Waals surface area contributed by atoms with E-state index in [0.717, 1.165) is 24.1 Å². The van der Waals surface area contributed by atoms with E-state index in [1.54, 1.807) is 11.0 Å². The molecule has 0 aromatic heterocycles. The Kier molecular flexibility index (Phi) is 7.40. The van der Waals surface area contributed by atoms with E-state index < -0.39 is 0 Å². The zero-order chi connectivity index (χ0) is 20.8. The van der Waals surface area contributed by atoms with E-state index in [0.29, 0.717) is 34.0 Å². The van der Waals surface area contributed by atoms with E-state index in [1.165, 1.54) is 17.3 Å².